The van der Waals surface area contributed by atoms with Crippen LogP contribution in [0.1, 0.15) is 37.3 Å². The van der Waals surface area contributed by atoms with E-state index in [9.17, 15) is 14.3 Å². The van der Waals surface area contributed by atoms with Gasteiger partial charge in [0.25, 0.3) is 0 Å². The number of amides is 1. The molecule has 0 atom stereocenters. The zero-order valence-electron chi connectivity index (χ0n) is 15.6. The van der Waals surface area contributed by atoms with Gasteiger partial charge in [0.2, 0.25) is 5.91 Å². The summed E-state index contributed by atoms with van der Waals surface area (Å²) >= 11 is 0. The van der Waals surface area contributed by atoms with Gasteiger partial charge in [0.1, 0.15) is 5.82 Å². The topological polar surface area (TPSA) is 77.0 Å². The van der Waals surface area contributed by atoms with Gasteiger partial charge in [-0.25, -0.2) is 9.38 Å². The predicted molar refractivity (Wildman–Crippen MR) is 100 cm³/mol. The van der Waals surface area contributed by atoms with Gasteiger partial charge in [0, 0.05) is 38.7 Å². The third-order valence-corrected chi connectivity index (χ3v) is 4.69. The van der Waals surface area contributed by atoms with Gasteiger partial charge < -0.3 is 20.6 Å². The second kappa shape index (κ2) is 10.1. The minimum absolute atomic E-state index is 0.0972. The molecule has 2 rings (SSSR count). The summed E-state index contributed by atoms with van der Waals surface area (Å²) in [5.74, 6) is 0.949. The number of aliphatic imine (C=N–C) groups is 1. The fraction of sp³-hybridized carbons (Fsp3) is 0.579. The van der Waals surface area contributed by atoms with E-state index in [1.54, 1.807) is 19.2 Å². The molecule has 1 aromatic rings. The lowest BCUT2D eigenvalue weighted by Crippen LogP contribution is -2.46. The normalized spacial score (nSPS) is 15.8. The molecule has 1 fully saturated rings. The second-order valence-corrected chi connectivity index (χ2v) is 6.56. The van der Waals surface area contributed by atoms with Crippen molar-refractivity contribution in [1.29, 1.82) is 0 Å². The number of carbonyl (C=O) groups excluding carboxylic acids is 1. The highest BCUT2D eigenvalue weighted by Crippen LogP contribution is 2.20. The summed E-state index contributed by atoms with van der Waals surface area (Å²) in [6, 6.07) is 4.71. The maximum Gasteiger partial charge on any atom is 0.220 e. The third-order valence-electron chi connectivity index (χ3n) is 4.69. The minimum atomic E-state index is -0.398. The minimum Gasteiger partial charge on any atom is -0.392 e. The van der Waals surface area contributed by atoms with Gasteiger partial charge >= 0.3 is 0 Å². The van der Waals surface area contributed by atoms with Crippen molar-refractivity contribution in [2.45, 2.75) is 39.3 Å². The summed E-state index contributed by atoms with van der Waals surface area (Å²) in [7, 11) is 1.67. The molecule has 1 heterocycles. The maximum atomic E-state index is 13.5. The van der Waals surface area contributed by atoms with E-state index in [0.717, 1.165) is 44.0 Å². The molecule has 1 aliphatic heterocycles. The fourth-order valence-electron chi connectivity index (χ4n) is 3.15. The molecular formula is C19H29FN4O2. The predicted octanol–water partition coefficient (Wildman–Crippen LogP) is 1.63. The molecule has 1 saturated heterocycles. The van der Waals surface area contributed by atoms with Crippen LogP contribution in [0.3, 0.4) is 0 Å². The lowest BCUT2D eigenvalue weighted by molar-refractivity contribution is -0.121. The molecule has 1 aliphatic rings. The monoisotopic (exact) mass is 364 g/mol. The quantitative estimate of drug-likeness (QED) is 0.530. The molecule has 26 heavy (non-hydrogen) atoms. The number of halogens is 1. The van der Waals surface area contributed by atoms with Gasteiger partial charge in [-0.2, -0.15) is 0 Å². The number of aliphatic hydroxyl groups is 1. The summed E-state index contributed by atoms with van der Waals surface area (Å²) in [4.78, 5) is 18.4. The van der Waals surface area contributed by atoms with E-state index in [2.05, 4.69) is 20.5 Å². The van der Waals surface area contributed by atoms with E-state index < -0.39 is 5.82 Å². The van der Waals surface area contributed by atoms with Gasteiger partial charge in [0.05, 0.1) is 13.2 Å². The van der Waals surface area contributed by atoms with Crippen LogP contribution in [-0.2, 0) is 17.9 Å². The first-order valence-corrected chi connectivity index (χ1v) is 9.19. The van der Waals surface area contributed by atoms with E-state index in [0.29, 0.717) is 18.9 Å². The smallest absolute Gasteiger partial charge is 0.220 e. The van der Waals surface area contributed by atoms with Crippen molar-refractivity contribution in [2.75, 3.05) is 26.7 Å². The Kier molecular flexibility index (Phi) is 7.84. The van der Waals surface area contributed by atoms with E-state index >= 15 is 0 Å². The number of nitrogens with zero attached hydrogens (tertiary/aromatic N) is 2. The van der Waals surface area contributed by atoms with Crippen LogP contribution in [0, 0.1) is 11.7 Å². The number of rotatable bonds is 6. The molecule has 0 saturated carbocycles. The van der Waals surface area contributed by atoms with Gasteiger partial charge in [-0.1, -0.05) is 6.07 Å². The van der Waals surface area contributed by atoms with Crippen LogP contribution in [0.25, 0.3) is 0 Å². The van der Waals surface area contributed by atoms with Crippen molar-refractivity contribution in [2.24, 2.45) is 10.9 Å². The molecule has 1 aromatic carbocycles. The van der Waals surface area contributed by atoms with Gasteiger partial charge in [-0.15, -0.1) is 0 Å². The average Bonchev–Trinajstić information content (AvgIpc) is 2.66. The van der Waals surface area contributed by atoms with Crippen molar-refractivity contribution in [3.63, 3.8) is 0 Å². The van der Waals surface area contributed by atoms with Crippen LogP contribution in [0.2, 0.25) is 0 Å². The zero-order valence-corrected chi connectivity index (χ0v) is 15.6. The number of likely N-dealkylation sites (tertiary alicyclic amines) is 1. The Bertz CT molecular complexity index is 628. The highest BCUT2D eigenvalue weighted by atomic mass is 19.1. The lowest BCUT2D eigenvalue weighted by atomic mass is 9.93. The highest BCUT2D eigenvalue weighted by molar-refractivity contribution is 5.80. The molecule has 144 valence electrons. The number of carbonyl (C=O) groups is 1. The second-order valence-electron chi connectivity index (χ2n) is 6.56. The number of benzene rings is 1. The number of nitrogens with one attached hydrogen (secondary N) is 2. The molecule has 0 radical (unpaired) electrons. The van der Waals surface area contributed by atoms with Crippen LogP contribution in [0.4, 0.5) is 4.39 Å². The molecule has 3 N–H and O–H groups in total. The molecule has 1 amide bonds. The largest absolute Gasteiger partial charge is 0.392 e. The first-order valence-electron chi connectivity index (χ1n) is 9.19. The van der Waals surface area contributed by atoms with E-state index in [4.69, 9.17) is 0 Å². The number of hydrogen-bond acceptors (Lipinski definition) is 3. The third kappa shape index (κ3) is 5.69. The fourth-order valence-corrected chi connectivity index (χ4v) is 3.15. The molecule has 0 aliphatic carbocycles. The Balaban J connectivity index is 1.98. The van der Waals surface area contributed by atoms with Crippen LogP contribution >= 0.6 is 0 Å². The van der Waals surface area contributed by atoms with E-state index in [-0.39, 0.29) is 18.1 Å². The summed E-state index contributed by atoms with van der Waals surface area (Å²) in [5, 5.41) is 15.2. The summed E-state index contributed by atoms with van der Waals surface area (Å²) in [6.45, 7) is 4.62. The molecular weight excluding hydrogens is 335 g/mol. The summed E-state index contributed by atoms with van der Waals surface area (Å²) in [6.07, 6.45) is 2.50. The Hall–Kier alpha value is -2.15. The van der Waals surface area contributed by atoms with Gasteiger partial charge in [-0.3, -0.25) is 4.79 Å². The Morgan fingerprint density at radius 3 is 2.73 bits per heavy atom. The summed E-state index contributed by atoms with van der Waals surface area (Å²) in [5.41, 5.74) is 1.15. The zero-order chi connectivity index (χ0) is 18.9. The number of guanidine groups is 1. The highest BCUT2D eigenvalue weighted by Gasteiger charge is 2.23. The van der Waals surface area contributed by atoms with Gasteiger partial charge in [-0.05, 0) is 43.4 Å². The van der Waals surface area contributed by atoms with Crippen molar-refractivity contribution < 1.29 is 14.3 Å². The van der Waals surface area contributed by atoms with Crippen LogP contribution in [0.5, 0.6) is 0 Å². The first kappa shape index (κ1) is 20.2. The van der Waals surface area contributed by atoms with Crippen molar-refractivity contribution >= 4 is 11.9 Å². The Morgan fingerprint density at radius 2 is 2.12 bits per heavy atom. The maximum absolute atomic E-state index is 13.5. The first-order chi connectivity index (χ1) is 12.6. The summed E-state index contributed by atoms with van der Waals surface area (Å²) < 4.78 is 13.5. The Morgan fingerprint density at radius 1 is 1.38 bits per heavy atom. The molecule has 0 unspecified atom stereocenters. The Labute approximate surface area is 154 Å². The molecule has 0 bridgehead atoms. The molecule has 6 nitrogen and oxygen atoms in total. The SMILES string of the molecule is CCNC(=NCc1ccc(F)c(CO)c1)N1CCC(CC(=O)NC)CC1. The molecule has 7 heteroatoms. The van der Waals surface area contributed by atoms with E-state index in [1.807, 2.05) is 6.92 Å². The van der Waals surface area contributed by atoms with Crippen molar-refractivity contribution in [1.82, 2.24) is 15.5 Å². The van der Waals surface area contributed by atoms with Crippen LogP contribution in [-0.4, -0.2) is 48.6 Å². The average molecular weight is 364 g/mol. The molecule has 0 spiro atoms. The van der Waals surface area contributed by atoms with Gasteiger partial charge in [0.15, 0.2) is 5.96 Å². The van der Waals surface area contributed by atoms with Crippen LogP contribution in [0.15, 0.2) is 23.2 Å². The number of piperidine rings is 1. The number of hydrogen-bond donors (Lipinski definition) is 3. The standard InChI is InChI=1S/C19H29FN4O2/c1-3-22-19(23-12-15-4-5-17(20)16(10-15)13-25)24-8-6-14(7-9-24)11-18(26)21-2/h4-5,10,14,25H,3,6-9,11-13H2,1-2H3,(H,21,26)(H,22,23). The van der Waals surface area contributed by atoms with Crippen LogP contribution < -0.4 is 10.6 Å². The van der Waals surface area contributed by atoms with Crippen molar-refractivity contribution in [3.8, 4) is 0 Å². The van der Waals surface area contributed by atoms with E-state index in [1.165, 1.54) is 6.07 Å². The number of aliphatic hydroxyl groups excluding tert-OH is 1. The van der Waals surface area contributed by atoms with Crippen molar-refractivity contribution in [3.05, 3.63) is 35.1 Å². The molecule has 0 aromatic heterocycles. The lowest BCUT2D eigenvalue weighted by Gasteiger charge is -2.34.